The number of nitrogens with zero attached hydrogens (tertiary/aromatic N) is 1. The van der Waals surface area contributed by atoms with E-state index in [0.717, 1.165) is 0 Å². The summed E-state index contributed by atoms with van der Waals surface area (Å²) in [5.41, 5.74) is 0. The van der Waals surface area contributed by atoms with Gasteiger partial charge in [0.25, 0.3) is 0 Å². The number of rotatable bonds is 13. The third-order valence-corrected chi connectivity index (χ3v) is 5.97. The number of hydrogen-bond acceptors (Lipinski definition) is 14. The number of amides is 1. The van der Waals surface area contributed by atoms with Crippen LogP contribution >= 0.6 is 0 Å². The van der Waals surface area contributed by atoms with Crippen LogP contribution in [0.4, 0.5) is 4.79 Å². The van der Waals surface area contributed by atoms with E-state index in [2.05, 4.69) is 5.32 Å². The number of carbonyl (C=O) groups excluding carboxylic acids is 1. The fourth-order valence-electron chi connectivity index (χ4n) is 3.63. The first-order valence-electron chi connectivity index (χ1n) is 11.9. The van der Waals surface area contributed by atoms with Crippen molar-refractivity contribution in [2.75, 3.05) is 60.2 Å². The van der Waals surface area contributed by atoms with Gasteiger partial charge in [-0.15, -0.1) is 0 Å². The standard InChI is InChI=1S/C21H40N2O13/c1-4-23(3)21(30)36-17-14(27)12(10-25)33-19(16(17)29)35-18-15(28)13(26)11(9-24)34-20(18)32-8-7-31-6-5-22-2/h11-20,22,24-29H,4-10H2,1-3H3/t11-,12+,13+,14+,15-,16-,17+,18-,19+,20?/m0/s1. The second-order valence-electron chi connectivity index (χ2n) is 8.46. The Balaban J connectivity index is 2.15. The maximum atomic E-state index is 12.2. The van der Waals surface area contributed by atoms with Gasteiger partial charge in [0.15, 0.2) is 18.7 Å². The Morgan fingerprint density at radius 2 is 1.53 bits per heavy atom. The molecule has 0 aromatic heterocycles. The maximum Gasteiger partial charge on any atom is 0.409 e. The molecule has 36 heavy (non-hydrogen) atoms. The second-order valence-corrected chi connectivity index (χ2v) is 8.46. The highest BCUT2D eigenvalue weighted by Crippen LogP contribution is 2.30. The number of nitrogens with one attached hydrogen (secondary N) is 1. The summed E-state index contributed by atoms with van der Waals surface area (Å²) < 4.78 is 32.9. The number of ether oxygens (including phenoxy) is 6. The lowest BCUT2D eigenvalue weighted by Crippen LogP contribution is -2.65. The van der Waals surface area contributed by atoms with Gasteiger partial charge >= 0.3 is 6.09 Å². The Labute approximate surface area is 209 Å². The van der Waals surface area contributed by atoms with Crippen molar-refractivity contribution in [1.29, 1.82) is 0 Å². The van der Waals surface area contributed by atoms with Crippen LogP contribution in [0.1, 0.15) is 6.92 Å². The van der Waals surface area contributed by atoms with E-state index >= 15 is 0 Å². The van der Waals surface area contributed by atoms with Crippen LogP contribution in [0.2, 0.25) is 0 Å². The van der Waals surface area contributed by atoms with E-state index in [0.29, 0.717) is 19.7 Å². The van der Waals surface area contributed by atoms with Gasteiger partial charge in [0.2, 0.25) is 0 Å². The van der Waals surface area contributed by atoms with Crippen LogP contribution in [0.15, 0.2) is 0 Å². The van der Waals surface area contributed by atoms with Crippen LogP contribution in [0.3, 0.4) is 0 Å². The first-order valence-corrected chi connectivity index (χ1v) is 11.9. The fourth-order valence-corrected chi connectivity index (χ4v) is 3.63. The molecule has 2 aliphatic heterocycles. The number of carbonyl (C=O) groups is 1. The highest BCUT2D eigenvalue weighted by atomic mass is 16.8. The molecule has 1 amide bonds. The highest BCUT2D eigenvalue weighted by Gasteiger charge is 2.52. The Morgan fingerprint density at radius 3 is 2.14 bits per heavy atom. The van der Waals surface area contributed by atoms with E-state index in [1.165, 1.54) is 11.9 Å². The van der Waals surface area contributed by atoms with Gasteiger partial charge in [-0.05, 0) is 14.0 Å². The molecule has 0 aromatic carbocycles. The monoisotopic (exact) mass is 528 g/mol. The molecule has 7 N–H and O–H groups in total. The Hall–Kier alpha value is -1.21. The van der Waals surface area contributed by atoms with Crippen LogP contribution < -0.4 is 5.32 Å². The van der Waals surface area contributed by atoms with Crippen molar-refractivity contribution >= 4 is 6.09 Å². The molecule has 2 heterocycles. The minimum Gasteiger partial charge on any atom is -0.440 e. The molecule has 212 valence electrons. The van der Waals surface area contributed by atoms with Crippen LogP contribution in [-0.4, -0.2) is 163 Å². The fraction of sp³-hybridized carbons (Fsp3) is 0.952. The molecule has 15 heteroatoms. The molecule has 2 fully saturated rings. The van der Waals surface area contributed by atoms with E-state index in [1.807, 2.05) is 0 Å². The van der Waals surface area contributed by atoms with Gasteiger partial charge < -0.3 is 69.3 Å². The first-order chi connectivity index (χ1) is 17.2. The summed E-state index contributed by atoms with van der Waals surface area (Å²) in [4.78, 5) is 13.4. The summed E-state index contributed by atoms with van der Waals surface area (Å²) in [5.74, 6) is 0. The zero-order chi connectivity index (χ0) is 26.8. The Kier molecular flexibility index (Phi) is 13.1. The summed E-state index contributed by atoms with van der Waals surface area (Å²) in [6, 6.07) is 0. The SMILES string of the molecule is CCN(C)C(=O)O[C@H]1[C@H](O)[C@@H](O[C@@H]2C(OCCOCCNC)O[C@@H](CO)[C@@H](O)[C@@H]2O)O[C@H](CO)[C@H]1O. The van der Waals surface area contributed by atoms with Crippen LogP contribution in [-0.2, 0) is 28.4 Å². The third-order valence-electron chi connectivity index (χ3n) is 5.97. The third kappa shape index (κ3) is 7.89. The molecule has 2 rings (SSSR count). The number of aliphatic hydroxyl groups is 6. The van der Waals surface area contributed by atoms with Gasteiger partial charge in [-0.3, -0.25) is 0 Å². The smallest absolute Gasteiger partial charge is 0.409 e. The van der Waals surface area contributed by atoms with Crippen molar-refractivity contribution in [3.05, 3.63) is 0 Å². The molecule has 1 unspecified atom stereocenters. The highest BCUT2D eigenvalue weighted by molar-refractivity contribution is 5.67. The normalized spacial score (nSPS) is 37.0. The van der Waals surface area contributed by atoms with Crippen molar-refractivity contribution in [3.63, 3.8) is 0 Å². The molecule has 0 bridgehead atoms. The largest absolute Gasteiger partial charge is 0.440 e. The van der Waals surface area contributed by atoms with Crippen LogP contribution in [0, 0.1) is 0 Å². The van der Waals surface area contributed by atoms with E-state index < -0.39 is 80.7 Å². The zero-order valence-electron chi connectivity index (χ0n) is 20.7. The molecule has 15 nitrogen and oxygen atoms in total. The molecular weight excluding hydrogens is 488 g/mol. The lowest BCUT2D eigenvalue weighted by atomic mass is 9.97. The lowest BCUT2D eigenvalue weighted by molar-refractivity contribution is -0.367. The predicted molar refractivity (Wildman–Crippen MR) is 120 cm³/mol. The van der Waals surface area contributed by atoms with Gasteiger partial charge in [0.1, 0.15) is 42.7 Å². The van der Waals surface area contributed by atoms with Gasteiger partial charge in [-0.25, -0.2) is 4.79 Å². The van der Waals surface area contributed by atoms with E-state index in [4.69, 9.17) is 28.4 Å². The van der Waals surface area contributed by atoms with Gasteiger partial charge in [0.05, 0.1) is 33.0 Å². The molecule has 0 radical (unpaired) electrons. The van der Waals surface area contributed by atoms with Crippen LogP contribution in [0.5, 0.6) is 0 Å². The Morgan fingerprint density at radius 1 is 0.889 bits per heavy atom. The molecule has 0 spiro atoms. The van der Waals surface area contributed by atoms with E-state index in [-0.39, 0.29) is 13.2 Å². The summed E-state index contributed by atoms with van der Waals surface area (Å²) in [6.07, 6.45) is -15.8. The molecule has 2 aliphatic rings. The van der Waals surface area contributed by atoms with E-state index in [9.17, 15) is 35.4 Å². The quantitative estimate of drug-likeness (QED) is 0.114. The van der Waals surface area contributed by atoms with Gasteiger partial charge in [0, 0.05) is 20.1 Å². The molecule has 0 aromatic rings. The molecule has 0 saturated carbocycles. The lowest BCUT2D eigenvalue weighted by Gasteiger charge is -2.46. The molecule has 2 saturated heterocycles. The predicted octanol–water partition coefficient (Wildman–Crippen LogP) is -4.04. The van der Waals surface area contributed by atoms with Crippen molar-refractivity contribution in [2.24, 2.45) is 0 Å². The average Bonchev–Trinajstić information content (AvgIpc) is 2.88. The molecular formula is C21H40N2O13. The second kappa shape index (κ2) is 15.3. The summed E-state index contributed by atoms with van der Waals surface area (Å²) in [7, 11) is 3.23. The number of hydrogen-bond donors (Lipinski definition) is 7. The summed E-state index contributed by atoms with van der Waals surface area (Å²) >= 11 is 0. The summed E-state index contributed by atoms with van der Waals surface area (Å²) in [6.45, 7) is 1.89. The van der Waals surface area contributed by atoms with E-state index in [1.54, 1.807) is 14.0 Å². The minimum absolute atomic E-state index is 0.00481. The molecule has 0 aliphatic carbocycles. The van der Waals surface area contributed by atoms with Gasteiger partial charge in [-0.2, -0.15) is 0 Å². The van der Waals surface area contributed by atoms with Crippen molar-refractivity contribution < 1.29 is 63.9 Å². The number of aliphatic hydroxyl groups excluding tert-OH is 6. The van der Waals surface area contributed by atoms with Gasteiger partial charge in [-0.1, -0.05) is 0 Å². The topological polar surface area (TPSA) is 209 Å². The summed E-state index contributed by atoms with van der Waals surface area (Å²) in [5, 5.41) is 64.3. The number of likely N-dealkylation sites (N-methyl/N-ethyl adjacent to an activating group) is 1. The zero-order valence-corrected chi connectivity index (χ0v) is 20.7. The van der Waals surface area contributed by atoms with Crippen molar-refractivity contribution in [2.45, 2.75) is 68.3 Å². The van der Waals surface area contributed by atoms with Crippen LogP contribution in [0.25, 0.3) is 0 Å². The Bertz CT molecular complexity index is 647. The average molecular weight is 529 g/mol. The van der Waals surface area contributed by atoms with Crippen molar-refractivity contribution in [3.8, 4) is 0 Å². The minimum atomic E-state index is -1.75. The first kappa shape index (κ1) is 31.0. The van der Waals surface area contributed by atoms with Crippen molar-refractivity contribution in [1.82, 2.24) is 10.2 Å². The molecule has 10 atom stereocenters. The maximum absolute atomic E-state index is 12.2.